The van der Waals surface area contributed by atoms with E-state index >= 15 is 0 Å². The van der Waals surface area contributed by atoms with E-state index in [9.17, 15) is 4.79 Å². The van der Waals surface area contributed by atoms with Gasteiger partial charge in [-0.1, -0.05) is 34.1 Å². The summed E-state index contributed by atoms with van der Waals surface area (Å²) in [6, 6.07) is 12.0. The standard InChI is InChI=1S/C17H13BrO2S/c1-11-6-14(18)7-12(8-19)17(11)20-9-13-10-21-16-5-3-2-4-15(13)16/h2-8,10H,9H2,1H3. The minimum atomic E-state index is 0.466. The SMILES string of the molecule is Cc1cc(Br)cc(C=O)c1OCc1csc2ccccc12. The van der Waals surface area contributed by atoms with Gasteiger partial charge in [0.15, 0.2) is 6.29 Å². The topological polar surface area (TPSA) is 26.3 Å². The number of fused-ring (bicyclic) bond motifs is 1. The van der Waals surface area contributed by atoms with Crippen molar-refractivity contribution in [2.45, 2.75) is 13.5 Å². The molecule has 0 unspecified atom stereocenters. The molecular formula is C17H13BrO2S. The minimum Gasteiger partial charge on any atom is -0.488 e. The maximum atomic E-state index is 11.2. The number of halogens is 1. The molecule has 21 heavy (non-hydrogen) atoms. The number of ether oxygens (including phenoxy) is 1. The largest absolute Gasteiger partial charge is 0.488 e. The zero-order valence-electron chi connectivity index (χ0n) is 11.4. The molecule has 0 aliphatic carbocycles. The second-order valence-corrected chi connectivity index (χ2v) is 6.63. The summed E-state index contributed by atoms with van der Waals surface area (Å²) >= 11 is 5.11. The van der Waals surface area contributed by atoms with E-state index in [2.05, 4.69) is 33.4 Å². The Morgan fingerprint density at radius 2 is 2.10 bits per heavy atom. The molecule has 4 heteroatoms. The molecule has 3 rings (SSSR count). The van der Waals surface area contributed by atoms with Crippen LogP contribution in [0, 0.1) is 6.92 Å². The van der Waals surface area contributed by atoms with E-state index in [4.69, 9.17) is 4.74 Å². The van der Waals surface area contributed by atoms with Gasteiger partial charge in [-0.05, 0) is 41.5 Å². The lowest BCUT2D eigenvalue weighted by Crippen LogP contribution is -2.00. The van der Waals surface area contributed by atoms with Crippen molar-refractivity contribution in [3.63, 3.8) is 0 Å². The maximum Gasteiger partial charge on any atom is 0.153 e. The molecule has 0 aliphatic heterocycles. The normalized spacial score (nSPS) is 10.8. The second kappa shape index (κ2) is 6.00. The van der Waals surface area contributed by atoms with Crippen molar-refractivity contribution in [1.82, 2.24) is 0 Å². The molecular weight excluding hydrogens is 348 g/mol. The first-order valence-electron chi connectivity index (χ1n) is 6.52. The molecule has 0 amide bonds. The number of thiophene rings is 1. The fraction of sp³-hybridized carbons (Fsp3) is 0.118. The van der Waals surface area contributed by atoms with Gasteiger partial charge in [0.2, 0.25) is 0 Å². The van der Waals surface area contributed by atoms with Crippen molar-refractivity contribution < 1.29 is 9.53 Å². The van der Waals surface area contributed by atoms with Gasteiger partial charge >= 0.3 is 0 Å². The molecule has 0 radical (unpaired) electrons. The summed E-state index contributed by atoms with van der Waals surface area (Å²) in [7, 11) is 0. The zero-order chi connectivity index (χ0) is 14.8. The number of rotatable bonds is 4. The van der Waals surface area contributed by atoms with E-state index < -0.39 is 0 Å². The fourth-order valence-corrected chi connectivity index (χ4v) is 3.87. The van der Waals surface area contributed by atoms with Gasteiger partial charge in [0, 0.05) is 14.7 Å². The molecule has 106 valence electrons. The summed E-state index contributed by atoms with van der Waals surface area (Å²) in [5.74, 6) is 0.656. The average Bonchev–Trinajstić information content (AvgIpc) is 2.89. The molecule has 1 heterocycles. The van der Waals surface area contributed by atoms with Gasteiger partial charge in [-0.2, -0.15) is 0 Å². The number of carbonyl (C=O) groups is 1. The molecule has 2 aromatic carbocycles. The number of carbonyl (C=O) groups excluding carboxylic acids is 1. The Hall–Kier alpha value is -1.65. The van der Waals surface area contributed by atoms with Crippen molar-refractivity contribution in [2.24, 2.45) is 0 Å². The average molecular weight is 361 g/mol. The lowest BCUT2D eigenvalue weighted by atomic mass is 10.1. The van der Waals surface area contributed by atoms with Gasteiger partial charge in [0.05, 0.1) is 5.56 Å². The molecule has 0 spiro atoms. The predicted octanol–water partition coefficient (Wildman–Crippen LogP) is 5.36. The van der Waals surface area contributed by atoms with E-state index in [0.717, 1.165) is 21.9 Å². The Labute approximate surface area is 135 Å². The monoisotopic (exact) mass is 360 g/mol. The molecule has 0 saturated heterocycles. The highest BCUT2D eigenvalue weighted by molar-refractivity contribution is 9.10. The third-order valence-electron chi connectivity index (χ3n) is 3.33. The van der Waals surface area contributed by atoms with Crippen molar-refractivity contribution in [2.75, 3.05) is 0 Å². The first kappa shape index (κ1) is 14.3. The number of aryl methyl sites for hydroxylation is 1. The summed E-state index contributed by atoms with van der Waals surface area (Å²) in [6.45, 7) is 2.41. The van der Waals surface area contributed by atoms with Crippen LogP contribution in [0.15, 0.2) is 46.3 Å². The van der Waals surface area contributed by atoms with E-state index in [1.807, 2.05) is 25.1 Å². The van der Waals surface area contributed by atoms with Crippen LogP contribution in [0.5, 0.6) is 5.75 Å². The molecule has 0 fully saturated rings. The van der Waals surface area contributed by atoms with Gasteiger partial charge in [-0.3, -0.25) is 4.79 Å². The molecule has 0 bridgehead atoms. The smallest absolute Gasteiger partial charge is 0.153 e. The van der Waals surface area contributed by atoms with Gasteiger partial charge in [-0.15, -0.1) is 11.3 Å². The van der Waals surface area contributed by atoms with Crippen molar-refractivity contribution in [3.05, 3.63) is 62.9 Å². The Kier molecular flexibility index (Phi) is 4.08. The van der Waals surface area contributed by atoms with Crippen molar-refractivity contribution in [1.29, 1.82) is 0 Å². The number of aldehydes is 1. The molecule has 0 aliphatic rings. The number of hydrogen-bond acceptors (Lipinski definition) is 3. The first-order valence-corrected chi connectivity index (χ1v) is 8.19. The Balaban J connectivity index is 1.90. The third kappa shape index (κ3) is 2.87. The van der Waals surface area contributed by atoms with Crippen LogP contribution in [0.4, 0.5) is 0 Å². The highest BCUT2D eigenvalue weighted by Gasteiger charge is 2.10. The summed E-state index contributed by atoms with van der Waals surface area (Å²) < 4.78 is 8.05. The van der Waals surface area contributed by atoms with Gasteiger partial charge < -0.3 is 4.74 Å². The van der Waals surface area contributed by atoms with Gasteiger partial charge in [0.25, 0.3) is 0 Å². The summed E-state index contributed by atoms with van der Waals surface area (Å²) in [4.78, 5) is 11.2. The minimum absolute atomic E-state index is 0.466. The molecule has 0 saturated carbocycles. The molecule has 2 nitrogen and oxygen atoms in total. The van der Waals surface area contributed by atoms with Crippen LogP contribution in [-0.4, -0.2) is 6.29 Å². The Morgan fingerprint density at radius 3 is 2.90 bits per heavy atom. The van der Waals surface area contributed by atoms with Crippen LogP contribution in [0.1, 0.15) is 21.5 Å². The molecule has 0 N–H and O–H groups in total. The highest BCUT2D eigenvalue weighted by Crippen LogP contribution is 2.30. The van der Waals surface area contributed by atoms with Gasteiger partial charge in [-0.25, -0.2) is 0 Å². The van der Waals surface area contributed by atoms with E-state index in [1.54, 1.807) is 17.4 Å². The van der Waals surface area contributed by atoms with Crippen LogP contribution in [0.2, 0.25) is 0 Å². The van der Waals surface area contributed by atoms with E-state index in [1.165, 1.54) is 10.1 Å². The number of hydrogen-bond donors (Lipinski definition) is 0. The lowest BCUT2D eigenvalue weighted by molar-refractivity contribution is 0.111. The zero-order valence-corrected chi connectivity index (χ0v) is 13.8. The van der Waals surface area contributed by atoms with Crippen LogP contribution >= 0.6 is 27.3 Å². The van der Waals surface area contributed by atoms with Gasteiger partial charge in [0.1, 0.15) is 12.4 Å². The molecule has 3 aromatic rings. The lowest BCUT2D eigenvalue weighted by Gasteiger charge is -2.11. The second-order valence-electron chi connectivity index (χ2n) is 4.80. The summed E-state index contributed by atoms with van der Waals surface area (Å²) in [6.07, 6.45) is 0.832. The van der Waals surface area contributed by atoms with Crippen molar-refractivity contribution >= 4 is 43.6 Å². The fourth-order valence-electron chi connectivity index (χ4n) is 2.34. The van der Waals surface area contributed by atoms with E-state index in [-0.39, 0.29) is 0 Å². The third-order valence-corrected chi connectivity index (χ3v) is 4.80. The van der Waals surface area contributed by atoms with Crippen LogP contribution in [0.25, 0.3) is 10.1 Å². The van der Waals surface area contributed by atoms with Crippen LogP contribution < -0.4 is 4.74 Å². The predicted molar refractivity (Wildman–Crippen MR) is 90.4 cm³/mol. The van der Waals surface area contributed by atoms with E-state index in [0.29, 0.717) is 17.9 Å². The highest BCUT2D eigenvalue weighted by atomic mass is 79.9. The quantitative estimate of drug-likeness (QED) is 0.585. The van der Waals surface area contributed by atoms with Crippen LogP contribution in [-0.2, 0) is 6.61 Å². The first-order chi connectivity index (χ1) is 10.2. The Bertz CT molecular complexity index is 808. The summed E-state index contributed by atoms with van der Waals surface area (Å²) in [5.41, 5.74) is 2.67. The Morgan fingerprint density at radius 1 is 1.29 bits per heavy atom. The van der Waals surface area contributed by atoms with Crippen molar-refractivity contribution in [3.8, 4) is 5.75 Å². The molecule has 1 aromatic heterocycles. The summed E-state index contributed by atoms with van der Waals surface area (Å²) in [5, 5.41) is 3.32. The molecule has 0 atom stereocenters. The number of benzene rings is 2. The maximum absolute atomic E-state index is 11.2. The van der Waals surface area contributed by atoms with Crippen LogP contribution in [0.3, 0.4) is 0 Å².